The summed E-state index contributed by atoms with van der Waals surface area (Å²) in [6.07, 6.45) is 0. The molecule has 2 aromatic carbocycles. The Hall–Kier alpha value is -1.99. The summed E-state index contributed by atoms with van der Waals surface area (Å²) in [5.74, 6) is -0.284. The van der Waals surface area contributed by atoms with E-state index in [4.69, 9.17) is 4.74 Å². The third kappa shape index (κ3) is 6.78. The number of amides is 1. The SMILES string of the molecule is CCOCc1ccccc1CNC(=O)CN1CCNCC1c1cccc(F)c1.Cl. The number of nitrogens with zero attached hydrogens (tertiary/aromatic N) is 1. The first kappa shape index (κ1) is 23.3. The van der Waals surface area contributed by atoms with Crippen LogP contribution in [-0.2, 0) is 22.7 Å². The lowest BCUT2D eigenvalue weighted by Gasteiger charge is -2.36. The second kappa shape index (κ2) is 11.9. The summed E-state index contributed by atoms with van der Waals surface area (Å²) in [5, 5.41) is 6.35. The van der Waals surface area contributed by atoms with Crippen molar-refractivity contribution in [2.24, 2.45) is 0 Å². The van der Waals surface area contributed by atoms with Crippen LogP contribution in [-0.4, -0.2) is 43.6 Å². The summed E-state index contributed by atoms with van der Waals surface area (Å²) in [7, 11) is 0. The molecular weight excluding hydrogens is 393 g/mol. The maximum Gasteiger partial charge on any atom is 0.234 e. The number of rotatable bonds is 8. The molecule has 0 bridgehead atoms. The van der Waals surface area contributed by atoms with Crippen molar-refractivity contribution in [1.82, 2.24) is 15.5 Å². The monoisotopic (exact) mass is 421 g/mol. The van der Waals surface area contributed by atoms with E-state index in [1.807, 2.05) is 37.3 Å². The second-order valence-corrected chi connectivity index (χ2v) is 6.93. The van der Waals surface area contributed by atoms with Gasteiger partial charge in [-0.1, -0.05) is 36.4 Å². The number of hydrogen-bond donors (Lipinski definition) is 2. The Kier molecular flexibility index (Phi) is 9.54. The predicted molar refractivity (Wildman–Crippen MR) is 114 cm³/mol. The van der Waals surface area contributed by atoms with Crippen LogP contribution >= 0.6 is 12.4 Å². The van der Waals surface area contributed by atoms with E-state index in [1.165, 1.54) is 6.07 Å². The van der Waals surface area contributed by atoms with Gasteiger partial charge in [-0.15, -0.1) is 12.4 Å². The van der Waals surface area contributed by atoms with Crippen LogP contribution in [0.2, 0.25) is 0 Å². The molecule has 0 aliphatic carbocycles. The Bertz CT molecular complexity index is 790. The van der Waals surface area contributed by atoms with E-state index < -0.39 is 0 Å². The summed E-state index contributed by atoms with van der Waals surface area (Å²) in [6.45, 7) is 6.19. The number of carbonyl (C=O) groups is 1. The van der Waals surface area contributed by atoms with Crippen molar-refractivity contribution in [3.63, 3.8) is 0 Å². The number of benzene rings is 2. The lowest BCUT2D eigenvalue weighted by Crippen LogP contribution is -2.49. The number of piperazine rings is 1. The number of ether oxygens (including phenoxy) is 1. The smallest absolute Gasteiger partial charge is 0.234 e. The number of nitrogens with one attached hydrogen (secondary N) is 2. The quantitative estimate of drug-likeness (QED) is 0.688. The molecule has 1 heterocycles. The maximum absolute atomic E-state index is 13.6. The summed E-state index contributed by atoms with van der Waals surface area (Å²) < 4.78 is 19.1. The van der Waals surface area contributed by atoms with Gasteiger partial charge in [0.15, 0.2) is 0 Å². The third-order valence-corrected chi connectivity index (χ3v) is 4.99. The van der Waals surface area contributed by atoms with Gasteiger partial charge in [0.1, 0.15) is 5.82 Å². The number of carbonyl (C=O) groups excluding carboxylic acids is 1. The predicted octanol–water partition coefficient (Wildman–Crippen LogP) is 3.05. The van der Waals surface area contributed by atoms with Crippen LogP contribution in [0, 0.1) is 5.82 Å². The molecule has 158 valence electrons. The van der Waals surface area contributed by atoms with E-state index in [0.717, 1.165) is 29.8 Å². The van der Waals surface area contributed by atoms with Gasteiger partial charge in [0.05, 0.1) is 13.2 Å². The van der Waals surface area contributed by atoms with Crippen LogP contribution in [0.3, 0.4) is 0 Å². The zero-order valence-electron chi connectivity index (χ0n) is 16.7. The summed E-state index contributed by atoms with van der Waals surface area (Å²) in [6, 6.07) is 14.6. The van der Waals surface area contributed by atoms with Gasteiger partial charge in [-0.05, 0) is 35.7 Å². The van der Waals surface area contributed by atoms with Gasteiger partial charge in [-0.2, -0.15) is 0 Å². The minimum atomic E-state index is -0.251. The van der Waals surface area contributed by atoms with E-state index in [9.17, 15) is 9.18 Å². The van der Waals surface area contributed by atoms with E-state index in [0.29, 0.717) is 26.3 Å². The molecule has 7 heteroatoms. The minimum Gasteiger partial charge on any atom is -0.377 e. The first-order chi connectivity index (χ1) is 13.7. The van der Waals surface area contributed by atoms with E-state index in [-0.39, 0.29) is 36.7 Å². The highest BCUT2D eigenvalue weighted by atomic mass is 35.5. The molecule has 0 spiro atoms. The van der Waals surface area contributed by atoms with Gasteiger partial charge in [-0.25, -0.2) is 4.39 Å². The van der Waals surface area contributed by atoms with Crippen LogP contribution in [0.15, 0.2) is 48.5 Å². The number of hydrogen-bond acceptors (Lipinski definition) is 4. The zero-order chi connectivity index (χ0) is 19.8. The number of halogens is 2. The molecule has 0 radical (unpaired) electrons. The van der Waals surface area contributed by atoms with Crippen molar-refractivity contribution in [3.8, 4) is 0 Å². The molecular formula is C22H29ClFN3O2. The first-order valence-corrected chi connectivity index (χ1v) is 9.79. The van der Waals surface area contributed by atoms with E-state index in [2.05, 4.69) is 15.5 Å². The average Bonchev–Trinajstić information content (AvgIpc) is 2.71. The second-order valence-electron chi connectivity index (χ2n) is 6.93. The Labute approximate surface area is 178 Å². The van der Waals surface area contributed by atoms with Crippen molar-refractivity contribution < 1.29 is 13.9 Å². The molecule has 1 unspecified atom stereocenters. The van der Waals surface area contributed by atoms with Crippen molar-refractivity contribution in [1.29, 1.82) is 0 Å². The van der Waals surface area contributed by atoms with Crippen LogP contribution in [0.5, 0.6) is 0 Å². The van der Waals surface area contributed by atoms with Crippen LogP contribution in [0.1, 0.15) is 29.7 Å². The summed E-state index contributed by atoms with van der Waals surface area (Å²) >= 11 is 0. The molecule has 1 saturated heterocycles. The third-order valence-electron chi connectivity index (χ3n) is 4.99. The zero-order valence-corrected chi connectivity index (χ0v) is 17.5. The molecule has 2 aromatic rings. The molecule has 29 heavy (non-hydrogen) atoms. The highest BCUT2D eigenvalue weighted by Gasteiger charge is 2.25. The largest absolute Gasteiger partial charge is 0.377 e. The Balaban J connectivity index is 0.00000300. The van der Waals surface area contributed by atoms with Crippen molar-refractivity contribution in [2.45, 2.75) is 26.1 Å². The first-order valence-electron chi connectivity index (χ1n) is 9.79. The Morgan fingerprint density at radius 3 is 2.79 bits per heavy atom. The molecule has 5 nitrogen and oxygen atoms in total. The maximum atomic E-state index is 13.6. The van der Waals surface area contributed by atoms with Gasteiger partial charge in [0, 0.05) is 38.8 Å². The van der Waals surface area contributed by atoms with Gasteiger partial charge >= 0.3 is 0 Å². The molecule has 1 aliphatic heterocycles. The molecule has 2 N–H and O–H groups in total. The van der Waals surface area contributed by atoms with Crippen LogP contribution in [0.25, 0.3) is 0 Å². The highest BCUT2D eigenvalue weighted by Crippen LogP contribution is 2.22. The fourth-order valence-electron chi connectivity index (χ4n) is 3.50. The lowest BCUT2D eigenvalue weighted by molar-refractivity contribution is -0.123. The molecule has 1 fully saturated rings. The van der Waals surface area contributed by atoms with E-state index >= 15 is 0 Å². The van der Waals surface area contributed by atoms with Gasteiger partial charge in [0.2, 0.25) is 5.91 Å². The normalized spacial score (nSPS) is 16.8. The average molecular weight is 422 g/mol. The van der Waals surface area contributed by atoms with Crippen molar-refractivity contribution >= 4 is 18.3 Å². The Morgan fingerprint density at radius 2 is 2.03 bits per heavy atom. The molecule has 3 rings (SSSR count). The van der Waals surface area contributed by atoms with Crippen molar-refractivity contribution in [3.05, 3.63) is 71.0 Å². The fraction of sp³-hybridized carbons (Fsp3) is 0.409. The lowest BCUT2D eigenvalue weighted by atomic mass is 10.0. The topological polar surface area (TPSA) is 53.6 Å². The molecule has 0 aromatic heterocycles. The van der Waals surface area contributed by atoms with Crippen molar-refractivity contribution in [2.75, 3.05) is 32.8 Å². The highest BCUT2D eigenvalue weighted by molar-refractivity contribution is 5.85. The van der Waals surface area contributed by atoms with Gasteiger partial charge in [0.25, 0.3) is 0 Å². The summed E-state index contributed by atoms with van der Waals surface area (Å²) in [5.41, 5.74) is 3.04. The molecule has 0 saturated carbocycles. The molecule has 1 aliphatic rings. The minimum absolute atomic E-state index is 0. The fourth-order valence-corrected chi connectivity index (χ4v) is 3.50. The van der Waals surface area contributed by atoms with Crippen LogP contribution < -0.4 is 10.6 Å². The molecule has 1 amide bonds. The summed E-state index contributed by atoms with van der Waals surface area (Å²) in [4.78, 5) is 14.7. The van der Waals surface area contributed by atoms with Gasteiger partial charge < -0.3 is 15.4 Å². The van der Waals surface area contributed by atoms with Gasteiger partial charge in [-0.3, -0.25) is 9.69 Å². The van der Waals surface area contributed by atoms with E-state index in [1.54, 1.807) is 12.1 Å². The van der Waals surface area contributed by atoms with Crippen LogP contribution in [0.4, 0.5) is 4.39 Å². The molecule has 1 atom stereocenters. The Morgan fingerprint density at radius 1 is 1.24 bits per heavy atom. The standard InChI is InChI=1S/C22H28FN3O2.ClH/c1-2-28-16-19-7-4-3-6-18(19)13-25-22(27)15-26-11-10-24-14-21(26)17-8-5-9-20(23)12-17;/h3-9,12,21,24H,2,10-11,13-16H2,1H3,(H,25,27);1H.